The van der Waals surface area contributed by atoms with Crippen molar-refractivity contribution >= 4 is 26.5 Å². The van der Waals surface area contributed by atoms with Crippen LogP contribution in [0.5, 0.6) is 0 Å². The Balaban J connectivity index is -0.000000181. The first-order chi connectivity index (χ1) is 12.1. The van der Waals surface area contributed by atoms with Gasteiger partial charge >= 0.3 is 54.8 Å². The van der Waals surface area contributed by atoms with E-state index in [-0.39, 0.29) is 54.8 Å². The molecule has 0 unspecified atom stereocenters. The molecule has 1 nitrogen and oxygen atoms in total. The zero-order valence-corrected chi connectivity index (χ0v) is 21.8. The molecule has 2 rings (SSSR count). The van der Waals surface area contributed by atoms with Crippen LogP contribution < -0.4 is 48.1 Å². The molecular weight excluding hydrogens is 424 g/mol. The molecule has 0 bridgehead atoms. The summed E-state index contributed by atoms with van der Waals surface area (Å²) in [6.07, 6.45) is 0. The van der Waals surface area contributed by atoms with Gasteiger partial charge in [0, 0.05) is 0 Å². The third kappa shape index (κ3) is 11.3. The van der Waals surface area contributed by atoms with E-state index in [4.69, 9.17) is 11.8 Å². The number of rotatable bonds is 4. The van der Waals surface area contributed by atoms with Crippen LogP contribution in [0.2, 0.25) is 26.2 Å². The van der Waals surface area contributed by atoms with Gasteiger partial charge in [0.2, 0.25) is 0 Å². The molecule has 2 aromatic carbocycles. The van der Waals surface area contributed by atoms with Gasteiger partial charge < -0.3 is 11.8 Å². The van der Waals surface area contributed by atoms with Crippen LogP contribution in [0.1, 0.15) is 0 Å². The molecule has 0 heterocycles. The van der Waals surface area contributed by atoms with Gasteiger partial charge in [-0.25, -0.2) is 37.4 Å². The Morgan fingerprint density at radius 1 is 0.690 bits per heavy atom. The number of benzene rings is 2. The first kappa shape index (κ1) is 35.7. The third-order valence-corrected chi connectivity index (χ3v) is 11.8. The summed E-state index contributed by atoms with van der Waals surface area (Å²) < 4.78 is 0. The van der Waals surface area contributed by atoms with Crippen LogP contribution in [0, 0.1) is 25.7 Å². The van der Waals surface area contributed by atoms with Crippen molar-refractivity contribution in [1.29, 1.82) is 5.26 Å². The van der Waals surface area contributed by atoms with E-state index in [0.717, 1.165) is 10.4 Å². The van der Waals surface area contributed by atoms with Crippen molar-refractivity contribution < 1.29 is 54.8 Å². The number of allylic oxidation sites excluding steroid dienone is 2. The van der Waals surface area contributed by atoms with Crippen molar-refractivity contribution in [2.45, 2.75) is 26.2 Å². The second-order valence-corrected chi connectivity index (χ2v) is 16.3. The van der Waals surface area contributed by atoms with Crippen molar-refractivity contribution in [2.24, 2.45) is 0 Å². The molecule has 0 spiro atoms. The van der Waals surface area contributed by atoms with Gasteiger partial charge in [-0.2, -0.15) is 0 Å². The van der Waals surface area contributed by atoms with Gasteiger partial charge in [-0.3, -0.25) is 0 Å². The van der Waals surface area contributed by atoms with Crippen LogP contribution in [0.4, 0.5) is 0 Å². The minimum absolute atomic E-state index is 0. The van der Waals surface area contributed by atoms with Gasteiger partial charge in [0.15, 0.2) is 0 Å². The first-order valence-corrected chi connectivity index (χ1v) is 14.5. The Kier molecular flexibility index (Phi) is 21.0. The summed E-state index contributed by atoms with van der Waals surface area (Å²) in [7, 11) is -2.92. The monoisotopic (exact) mass is 453 g/mol. The predicted octanol–water partition coefficient (Wildman–Crippen LogP) is -0.835. The summed E-state index contributed by atoms with van der Waals surface area (Å²) >= 11 is 0. The smallest absolute Gasteiger partial charge is 0.512 e. The van der Waals surface area contributed by atoms with Crippen LogP contribution in [-0.4, -0.2) is 16.1 Å². The SMILES string of the molecule is C=C([CH2-])[Si](C)(C)c1ccccc1.C=C([CH2-])[Si](C)(C)c1ccccc1.[C-]#N.[Cu+].[Li+].[Li+]. The normalized spacial score (nSPS) is 9.31. The van der Waals surface area contributed by atoms with E-state index in [1.54, 1.807) is 0 Å². The van der Waals surface area contributed by atoms with Crippen LogP contribution >= 0.6 is 0 Å². The van der Waals surface area contributed by atoms with Gasteiger partial charge in [-0.15, -0.1) is 0 Å². The zero-order valence-electron chi connectivity index (χ0n) is 18.9. The maximum absolute atomic E-state index is 6.25. The number of hydrogen-bond acceptors (Lipinski definition) is 1. The fourth-order valence-electron chi connectivity index (χ4n) is 2.12. The Morgan fingerprint density at radius 3 is 1.07 bits per heavy atom. The van der Waals surface area contributed by atoms with Crippen LogP contribution in [-0.2, 0) is 17.1 Å². The van der Waals surface area contributed by atoms with Gasteiger partial charge in [0.1, 0.15) is 0 Å². The molecule has 2 aromatic rings. The molecule has 0 fully saturated rings. The second-order valence-electron chi connectivity index (χ2n) is 7.19. The molecule has 148 valence electrons. The Labute approximate surface area is 215 Å². The summed E-state index contributed by atoms with van der Waals surface area (Å²) in [5.41, 5.74) is 0. The van der Waals surface area contributed by atoms with Crippen molar-refractivity contribution in [1.82, 2.24) is 0 Å². The van der Waals surface area contributed by atoms with Crippen LogP contribution in [0.3, 0.4) is 0 Å². The largest absolute Gasteiger partial charge is 1.00 e. The van der Waals surface area contributed by atoms with E-state index < -0.39 is 16.1 Å². The van der Waals surface area contributed by atoms with Gasteiger partial charge in [0.05, 0.1) is 16.1 Å². The summed E-state index contributed by atoms with van der Waals surface area (Å²) in [6.45, 7) is 29.7. The molecule has 0 aliphatic rings. The van der Waals surface area contributed by atoms with Crippen molar-refractivity contribution in [2.75, 3.05) is 0 Å². The second kappa shape index (κ2) is 17.0. The predicted molar refractivity (Wildman–Crippen MR) is 121 cm³/mol. The standard InChI is InChI=1S/2C11H15Si.CN.Cu.2Li/c2*1-10(2)12(3,4)11-8-6-5-7-9-11;1-2;;;/h2*5-9H,1-2H2,3-4H3;;;;/q3*-1;3*+1. The Morgan fingerprint density at radius 2 is 0.897 bits per heavy atom. The van der Waals surface area contributed by atoms with Crippen LogP contribution in [0.25, 0.3) is 0 Å². The summed E-state index contributed by atoms with van der Waals surface area (Å²) in [4.78, 5) is 0. The van der Waals surface area contributed by atoms with Crippen molar-refractivity contribution in [3.8, 4) is 0 Å². The average molecular weight is 454 g/mol. The van der Waals surface area contributed by atoms with E-state index >= 15 is 0 Å². The molecule has 0 amide bonds. The van der Waals surface area contributed by atoms with Crippen molar-refractivity contribution in [3.05, 3.63) is 105 Å². The molecular formula is C23H30CuLi2NSi2. The van der Waals surface area contributed by atoms with E-state index in [1.807, 2.05) is 12.1 Å². The van der Waals surface area contributed by atoms with E-state index in [9.17, 15) is 0 Å². The van der Waals surface area contributed by atoms with E-state index in [0.29, 0.717) is 0 Å². The average Bonchev–Trinajstić information content (AvgIpc) is 2.65. The molecule has 29 heavy (non-hydrogen) atoms. The fraction of sp³-hybridized carbons (Fsp3) is 0.174. The van der Waals surface area contributed by atoms with Crippen LogP contribution in [0.15, 0.2) is 84.2 Å². The summed E-state index contributed by atoms with van der Waals surface area (Å²) in [5, 5.41) is 11.2. The summed E-state index contributed by atoms with van der Waals surface area (Å²) in [6, 6.07) is 21.1. The van der Waals surface area contributed by atoms with Gasteiger partial charge in [0.25, 0.3) is 0 Å². The minimum Gasteiger partial charge on any atom is -0.512 e. The molecule has 0 atom stereocenters. The van der Waals surface area contributed by atoms with E-state index in [2.05, 4.69) is 102 Å². The minimum atomic E-state index is -1.46. The van der Waals surface area contributed by atoms with Crippen molar-refractivity contribution in [3.63, 3.8) is 0 Å². The molecule has 6 heteroatoms. The Bertz CT molecular complexity index is 669. The molecule has 0 saturated heterocycles. The number of hydrogen-bond donors (Lipinski definition) is 0. The maximum atomic E-state index is 6.25. The summed E-state index contributed by atoms with van der Waals surface area (Å²) in [5.74, 6) is 0. The fourth-order valence-corrected chi connectivity index (χ4v) is 4.99. The molecule has 0 radical (unpaired) electrons. The third-order valence-electron chi connectivity index (χ3n) is 4.76. The van der Waals surface area contributed by atoms with E-state index in [1.165, 1.54) is 10.4 Å². The molecule has 0 N–H and O–H groups in total. The molecule has 0 aliphatic heterocycles. The quantitative estimate of drug-likeness (QED) is 0.437. The van der Waals surface area contributed by atoms with Gasteiger partial charge in [-0.05, 0) is 0 Å². The molecule has 0 aromatic heterocycles. The van der Waals surface area contributed by atoms with Gasteiger partial charge in [-0.1, -0.05) is 97.2 Å². The Hall–Kier alpha value is -0.702. The maximum Gasteiger partial charge on any atom is 1.00 e. The first-order valence-electron chi connectivity index (χ1n) is 8.46. The number of nitrogens with zero attached hydrogens (tertiary/aromatic N) is 1. The molecule has 0 saturated carbocycles. The molecule has 0 aliphatic carbocycles. The zero-order chi connectivity index (χ0) is 20.4. The topological polar surface area (TPSA) is 23.8 Å².